The number of amides is 3. The quantitative estimate of drug-likeness (QED) is 0.00634. The number of isocyanates is 2. The summed E-state index contributed by atoms with van der Waals surface area (Å²) in [6.07, 6.45) is 4.17. The van der Waals surface area contributed by atoms with Crippen molar-refractivity contribution in [2.24, 2.45) is 32.9 Å². The van der Waals surface area contributed by atoms with E-state index in [0.29, 0.717) is 114 Å². The molecule has 3 aromatic carbocycles. The number of nitrogens with two attached hydrogens (primary N) is 4. The van der Waals surface area contributed by atoms with Gasteiger partial charge in [0.25, 0.3) is 0 Å². The van der Waals surface area contributed by atoms with Crippen LogP contribution < -0.4 is 142 Å². The first kappa shape index (κ1) is 103. The molecule has 560 valence electrons. The van der Waals surface area contributed by atoms with Crippen LogP contribution in [0.25, 0.3) is 0 Å². The van der Waals surface area contributed by atoms with Crippen molar-refractivity contribution in [3.63, 3.8) is 0 Å². The van der Waals surface area contributed by atoms with Gasteiger partial charge in [-0.15, -0.1) is 0 Å². The van der Waals surface area contributed by atoms with Crippen molar-refractivity contribution in [3.05, 3.63) is 108 Å². The highest BCUT2D eigenvalue weighted by Gasteiger charge is 2.23. The molecule has 0 saturated carbocycles. The average Bonchev–Trinajstić information content (AvgIpc) is 2.10. The number of hydrogen-bond donors (Lipinski definition) is 9. The van der Waals surface area contributed by atoms with Crippen molar-refractivity contribution in [2.75, 3.05) is 185 Å². The van der Waals surface area contributed by atoms with E-state index in [-0.39, 0.29) is 135 Å². The molecule has 0 aliphatic heterocycles. The Hall–Kier alpha value is -6.10. The molecule has 34 heteroatoms. The summed E-state index contributed by atoms with van der Waals surface area (Å²) < 4.78 is 16.0. The van der Waals surface area contributed by atoms with Gasteiger partial charge in [0.05, 0.1) is 90.8 Å². The van der Waals surface area contributed by atoms with E-state index in [2.05, 4.69) is 43.5 Å². The fourth-order valence-corrected chi connectivity index (χ4v) is 8.30. The number of alkyl carbamates (subject to hydrolysis) is 3. The smallest absolute Gasteiger partial charge is 0.407 e. The average molecular weight is 1720 g/mol. The first-order valence-corrected chi connectivity index (χ1v) is 31.5. The van der Waals surface area contributed by atoms with E-state index >= 15 is 0 Å². The topological polar surface area (TPSA) is 466 Å². The fourth-order valence-electron chi connectivity index (χ4n) is 8.30. The van der Waals surface area contributed by atoms with Gasteiger partial charge in [-0.25, -0.2) is 24.0 Å². The lowest BCUT2D eigenvalue weighted by Gasteiger charge is -2.34. The van der Waals surface area contributed by atoms with Gasteiger partial charge in [0.1, 0.15) is 52.5 Å². The number of ether oxygens (including phenoxy) is 3. The molecule has 3 aromatic rings. The minimum Gasteiger partial charge on any atom is -1.00 e. The number of carboxylic acids is 4. The molecule has 31 nitrogen and oxygen atoms in total. The van der Waals surface area contributed by atoms with Crippen LogP contribution in [-0.2, 0) is 62.8 Å². The number of carbonyl (C=O) groups excluding carboxylic acids is 9. The largest absolute Gasteiger partial charge is 1.00 e. The maximum atomic E-state index is 11.6. The molecule has 3 amide bonds. The summed E-state index contributed by atoms with van der Waals surface area (Å²) >= 11 is 0. The van der Waals surface area contributed by atoms with Gasteiger partial charge in [-0.3, -0.25) is 4.90 Å². The molecule has 0 aromatic heterocycles. The van der Waals surface area contributed by atoms with E-state index in [1.54, 1.807) is 11.9 Å². The molecule has 0 fully saturated rings. The van der Waals surface area contributed by atoms with E-state index in [4.69, 9.17) is 37.1 Å². The van der Waals surface area contributed by atoms with Crippen LogP contribution in [0.5, 0.6) is 0 Å². The number of halogens is 3. The van der Waals surface area contributed by atoms with E-state index < -0.39 is 36.1 Å². The van der Waals surface area contributed by atoms with Gasteiger partial charge < -0.3 is 189 Å². The molecule has 0 bridgehead atoms. The molecule has 0 saturated heterocycles. The van der Waals surface area contributed by atoms with Crippen LogP contribution in [0, 0.1) is 0 Å². The minimum absolute atomic E-state index is 0. The number of quaternary nitrogens is 3. The molecule has 3 rings (SSSR count). The number of hydrogen-bond acceptors (Lipinski definition) is 25. The second-order valence-corrected chi connectivity index (χ2v) is 22.0. The SMILES string of the molecule is CCCN(CCNC(=O)OCc1ccccc1)CC(=O)[O-].CCCNCCNC(=O)OCc1ccccc1.CCC[N+](C)(CCNC(=O)OCc1ccccc1)CC(=O)[O-].C[N+](CCN)(CCN)CC(=O)[O-].C[N+](CCN=C=O)(CCN=C=O)CC(=O)[O-].NCCNCCN.[I-].[I-].[I-]. The third-order valence-electron chi connectivity index (χ3n) is 13.1. The number of carboxylic acid groups (broad SMARTS) is 4. The first-order chi connectivity index (χ1) is 45.4. The number of nitrogens with zero attached hydrogens (tertiary/aromatic N) is 6. The highest BCUT2D eigenvalue weighted by molar-refractivity contribution is 5.69. The van der Waals surface area contributed by atoms with Crippen LogP contribution in [0.15, 0.2) is 101 Å². The van der Waals surface area contributed by atoms with Crippen LogP contribution in [0.1, 0.15) is 56.7 Å². The zero-order valence-electron chi connectivity index (χ0n) is 57.7. The summed E-state index contributed by atoms with van der Waals surface area (Å²) in [5.41, 5.74) is 23.9. The monoisotopic (exact) mass is 1720 g/mol. The molecule has 13 N–H and O–H groups in total. The molecule has 0 spiro atoms. The molecule has 1 atom stereocenters. The summed E-state index contributed by atoms with van der Waals surface area (Å²) in [4.78, 5) is 105. The van der Waals surface area contributed by atoms with Crippen LogP contribution in [-0.4, -0.2) is 257 Å². The Balaban J connectivity index is -0.000000264. The van der Waals surface area contributed by atoms with Crippen LogP contribution in [0.2, 0.25) is 0 Å². The van der Waals surface area contributed by atoms with Gasteiger partial charge in [-0.05, 0) is 49.0 Å². The molecule has 0 aliphatic carbocycles. The van der Waals surface area contributed by atoms with Gasteiger partial charge in [0.2, 0.25) is 12.2 Å². The third kappa shape index (κ3) is 67.1. The first-order valence-electron chi connectivity index (χ1n) is 31.5. The summed E-state index contributed by atoms with van der Waals surface area (Å²) in [6, 6.07) is 28.4. The lowest BCUT2D eigenvalue weighted by molar-refractivity contribution is -0.903. The maximum Gasteiger partial charge on any atom is 0.407 e. The number of rotatable bonds is 43. The zero-order chi connectivity index (χ0) is 71.9. The number of aliphatic imine (C=N–C) groups is 2. The van der Waals surface area contributed by atoms with Crippen LogP contribution in [0.4, 0.5) is 14.4 Å². The van der Waals surface area contributed by atoms with Crippen molar-refractivity contribution < 1.29 is 163 Å². The molecule has 98 heavy (non-hydrogen) atoms. The van der Waals surface area contributed by atoms with E-state index in [0.717, 1.165) is 62.1 Å². The number of aliphatic carboxylic acids is 4. The van der Waals surface area contributed by atoms with Gasteiger partial charge in [-0.2, -0.15) is 9.98 Å². The number of likely N-dealkylation sites (N-methyl/N-ethyl adjacent to an activating group) is 3. The van der Waals surface area contributed by atoms with Crippen molar-refractivity contribution >= 4 is 54.3 Å². The minimum atomic E-state index is -1.20. The Labute approximate surface area is 629 Å². The molecular weight excluding hydrogens is 1620 g/mol. The zero-order valence-corrected chi connectivity index (χ0v) is 64.2. The third-order valence-corrected chi connectivity index (χ3v) is 13.1. The molecular formula is C64H108I3N15O16-4. The highest BCUT2D eigenvalue weighted by atomic mass is 127. The number of benzene rings is 3. The van der Waals surface area contributed by atoms with Crippen LogP contribution >= 0.6 is 0 Å². The van der Waals surface area contributed by atoms with Crippen molar-refractivity contribution in [1.29, 1.82) is 0 Å². The second kappa shape index (κ2) is 69.4. The van der Waals surface area contributed by atoms with E-state index in [1.807, 2.05) is 119 Å². The molecule has 0 radical (unpaired) electrons. The molecule has 1 unspecified atom stereocenters. The highest BCUT2D eigenvalue weighted by Crippen LogP contribution is 2.06. The Morgan fingerprint density at radius 2 is 0.786 bits per heavy atom. The molecule has 0 heterocycles. The van der Waals surface area contributed by atoms with Gasteiger partial charge >= 0.3 is 18.3 Å². The van der Waals surface area contributed by atoms with Crippen molar-refractivity contribution in [1.82, 2.24) is 31.5 Å². The second-order valence-electron chi connectivity index (χ2n) is 22.0. The normalized spacial score (nSPS) is 11.1. The van der Waals surface area contributed by atoms with Gasteiger partial charge in [0, 0.05) is 72.0 Å². The Kier molecular flexibility index (Phi) is 72.9. The summed E-state index contributed by atoms with van der Waals surface area (Å²) in [5.74, 6) is -4.45. The van der Waals surface area contributed by atoms with Gasteiger partial charge in [-0.1, -0.05) is 112 Å². The number of carbonyl (C=O) groups is 7. The van der Waals surface area contributed by atoms with Gasteiger partial charge in [0.15, 0.2) is 0 Å². The Morgan fingerprint density at radius 3 is 1.11 bits per heavy atom. The molecule has 0 aliphatic rings. The summed E-state index contributed by atoms with van der Waals surface area (Å²) in [5, 5.41) is 56.4. The fraction of sp³-hybridized carbons (Fsp3) is 0.578. The summed E-state index contributed by atoms with van der Waals surface area (Å²) in [7, 11) is 5.32. The predicted octanol–water partition coefficient (Wildman–Crippen LogP) is -12.7. The van der Waals surface area contributed by atoms with Crippen LogP contribution in [0.3, 0.4) is 0 Å². The van der Waals surface area contributed by atoms with Crippen molar-refractivity contribution in [3.8, 4) is 0 Å². The maximum absolute atomic E-state index is 11.6. The van der Waals surface area contributed by atoms with E-state index in [9.17, 15) is 63.6 Å². The number of nitrogens with one attached hydrogen (secondary N) is 5. The lowest BCUT2D eigenvalue weighted by atomic mass is 10.2. The van der Waals surface area contributed by atoms with E-state index in [1.165, 1.54) is 12.2 Å². The Bertz CT molecular complexity index is 2560. The Morgan fingerprint density at radius 1 is 0.429 bits per heavy atom. The lowest BCUT2D eigenvalue weighted by Crippen LogP contribution is -3.00. The summed E-state index contributed by atoms with van der Waals surface area (Å²) in [6.45, 7) is 18.1. The van der Waals surface area contributed by atoms with Crippen molar-refractivity contribution in [2.45, 2.75) is 59.9 Å². The predicted molar refractivity (Wildman–Crippen MR) is 352 cm³/mol. The standard InChI is InChI=1S/C16H24N2O4.C15H22N2O4.C13H20N2O2.C9H13N3O4.C7H17N3O2.C4H13N3.3HI/c1-3-10-18(2,12-15(19)20)11-9-17-16(21)22-13-14-7-5-4-6-8-14;1-2-9-17(11-14(18)19)10-8-16-15(20)21-12-13-6-4-3-5-7-13;1-2-8-14-9-10-15-13(16)17-11-12-6-4-3-5-7-12;1-12(6-9(15)16,4-2-10-7-13)5-3-11-8-14;1-10(4-2-8,5-3-9)6-7(11)12;5-1-3-7-4-2-6;;;/h4-8H,3,9-13H2,1-2H3,(H-,17,19,20,21);3-7H,2,8-12H2,1H3,(H,16,20)(H,18,19);3-7,14H,2,8-11H2,1H3,(H,15,16);2-6H2,1H3;2-6,8-9H2,1H3;7H,1-6H2;3*1H/p-4.